The van der Waals surface area contributed by atoms with Crippen LogP contribution in [-0.2, 0) is 35.2 Å². The van der Waals surface area contributed by atoms with Gasteiger partial charge in [0, 0.05) is 37.7 Å². The third-order valence-corrected chi connectivity index (χ3v) is 5.54. The molecule has 18 nitrogen and oxygen atoms in total. The lowest BCUT2D eigenvalue weighted by atomic mass is 10.0. The largest absolute Gasteiger partial charge is 0.481 e. The highest BCUT2D eigenvalue weighted by molar-refractivity contribution is 5.95. The number of primary amides is 2. The Morgan fingerprint density at radius 3 is 2.05 bits per heavy atom. The third kappa shape index (κ3) is 13.2. The van der Waals surface area contributed by atoms with Gasteiger partial charge in [0.15, 0.2) is 5.96 Å². The summed E-state index contributed by atoms with van der Waals surface area (Å²) in [5.41, 5.74) is 27.3. The number of nitrogens with two attached hydrogens (primary N) is 5. The van der Waals surface area contributed by atoms with Crippen molar-refractivity contribution in [2.45, 2.75) is 69.1 Å². The average molecular weight is 568 g/mol. The van der Waals surface area contributed by atoms with Crippen LogP contribution in [0.3, 0.4) is 0 Å². The van der Waals surface area contributed by atoms with Gasteiger partial charge in [0.05, 0.1) is 12.4 Å². The fourth-order valence-electron chi connectivity index (χ4n) is 3.40. The molecule has 1 heterocycles. The van der Waals surface area contributed by atoms with Crippen LogP contribution in [0.25, 0.3) is 0 Å². The molecule has 0 aliphatic carbocycles. The Hall–Kier alpha value is -4.74. The van der Waals surface area contributed by atoms with E-state index in [0.717, 1.165) is 0 Å². The zero-order valence-electron chi connectivity index (χ0n) is 21.8. The van der Waals surface area contributed by atoms with E-state index in [1.165, 1.54) is 12.5 Å². The molecule has 0 aliphatic rings. The van der Waals surface area contributed by atoms with Crippen molar-refractivity contribution < 1.29 is 33.9 Å². The Kier molecular flexibility index (Phi) is 14.1. The standard InChI is InChI=1S/C22H37N11O7/c23-12(3-6-17(35)36)19(38)33-15(8-11-9-28-10-30-11)21(40)32-14(4-5-16(24)34)20(39)31-13(18(25)37)2-1-7-29-22(26)27/h9-10,12-15H,1-8,23H2,(H2,24,34)(H2,25,37)(H,28,30)(H,31,39)(H,32,40)(H,33,38)(H,35,36)(H4,26,27,29)/t12-,13-,14-,15-/m0/s1. The number of hydrogen-bond donors (Lipinski definition) is 10. The first-order chi connectivity index (χ1) is 18.8. The molecule has 40 heavy (non-hydrogen) atoms. The number of carbonyl (C=O) groups excluding carboxylic acids is 5. The normalized spacial score (nSPS) is 13.6. The first-order valence-corrected chi connectivity index (χ1v) is 12.3. The van der Waals surface area contributed by atoms with Crippen LogP contribution in [0.2, 0.25) is 0 Å². The van der Waals surface area contributed by atoms with Crippen LogP contribution in [0, 0.1) is 0 Å². The van der Waals surface area contributed by atoms with Crippen molar-refractivity contribution in [3.63, 3.8) is 0 Å². The third-order valence-electron chi connectivity index (χ3n) is 5.54. The fourth-order valence-corrected chi connectivity index (χ4v) is 3.40. The minimum atomic E-state index is -1.35. The molecule has 0 unspecified atom stereocenters. The highest BCUT2D eigenvalue weighted by Gasteiger charge is 2.30. The van der Waals surface area contributed by atoms with Crippen molar-refractivity contribution >= 4 is 41.5 Å². The number of carbonyl (C=O) groups is 6. The molecule has 0 fully saturated rings. The van der Waals surface area contributed by atoms with Crippen molar-refractivity contribution in [2.75, 3.05) is 6.54 Å². The molecule has 0 aliphatic heterocycles. The first-order valence-electron chi connectivity index (χ1n) is 12.3. The summed E-state index contributed by atoms with van der Waals surface area (Å²) in [5.74, 6) is -5.35. The van der Waals surface area contributed by atoms with E-state index in [2.05, 4.69) is 30.9 Å². The van der Waals surface area contributed by atoms with Crippen LogP contribution >= 0.6 is 0 Å². The number of guanidine groups is 1. The van der Waals surface area contributed by atoms with E-state index in [1.807, 2.05) is 0 Å². The number of H-pyrrole nitrogens is 1. The molecule has 15 N–H and O–H groups in total. The number of imidazole rings is 1. The maximum atomic E-state index is 13.2. The van der Waals surface area contributed by atoms with Crippen molar-refractivity contribution in [3.05, 3.63) is 18.2 Å². The number of carboxylic acids is 1. The molecule has 0 saturated carbocycles. The molecule has 1 aromatic rings. The van der Waals surface area contributed by atoms with E-state index >= 15 is 0 Å². The van der Waals surface area contributed by atoms with E-state index in [1.54, 1.807) is 0 Å². The number of aromatic nitrogens is 2. The van der Waals surface area contributed by atoms with Crippen LogP contribution < -0.4 is 44.6 Å². The van der Waals surface area contributed by atoms with Gasteiger partial charge in [0.25, 0.3) is 0 Å². The van der Waals surface area contributed by atoms with Crippen molar-refractivity contribution in [1.29, 1.82) is 0 Å². The molecular weight excluding hydrogens is 530 g/mol. The highest BCUT2D eigenvalue weighted by Crippen LogP contribution is 2.06. The molecule has 18 heteroatoms. The minimum Gasteiger partial charge on any atom is -0.481 e. The van der Waals surface area contributed by atoms with Crippen LogP contribution in [0.5, 0.6) is 0 Å². The Bertz CT molecular complexity index is 1060. The molecule has 0 spiro atoms. The molecule has 0 bridgehead atoms. The number of amides is 5. The van der Waals surface area contributed by atoms with Gasteiger partial charge >= 0.3 is 5.97 Å². The molecule has 4 atom stereocenters. The second-order valence-electron chi connectivity index (χ2n) is 8.86. The van der Waals surface area contributed by atoms with E-state index in [0.29, 0.717) is 12.1 Å². The van der Waals surface area contributed by atoms with Gasteiger partial charge in [0.1, 0.15) is 18.1 Å². The van der Waals surface area contributed by atoms with Crippen LogP contribution in [0.15, 0.2) is 17.5 Å². The summed E-state index contributed by atoms with van der Waals surface area (Å²) in [6, 6.07) is -4.99. The van der Waals surface area contributed by atoms with Gasteiger partial charge < -0.3 is 54.7 Å². The van der Waals surface area contributed by atoms with Gasteiger partial charge in [-0.2, -0.15) is 0 Å². The van der Waals surface area contributed by atoms with Gasteiger partial charge in [0.2, 0.25) is 29.5 Å². The zero-order chi connectivity index (χ0) is 30.2. The summed E-state index contributed by atoms with van der Waals surface area (Å²) in [6.45, 7) is 0.174. The highest BCUT2D eigenvalue weighted by atomic mass is 16.4. The molecule has 222 valence electrons. The molecule has 0 aromatic carbocycles. The lowest BCUT2D eigenvalue weighted by Gasteiger charge is -2.25. The molecule has 0 radical (unpaired) electrons. The van der Waals surface area contributed by atoms with Gasteiger partial charge in [-0.3, -0.25) is 33.8 Å². The topological polar surface area (TPSA) is 330 Å². The number of hydrogen-bond acceptors (Lipinski definition) is 9. The fraction of sp³-hybridized carbons (Fsp3) is 0.545. The monoisotopic (exact) mass is 567 g/mol. The molecule has 0 saturated heterocycles. The summed E-state index contributed by atoms with van der Waals surface area (Å²) >= 11 is 0. The molecule has 1 rings (SSSR count). The van der Waals surface area contributed by atoms with Crippen molar-refractivity contribution in [1.82, 2.24) is 25.9 Å². The van der Waals surface area contributed by atoms with Gasteiger partial charge in [-0.1, -0.05) is 0 Å². The van der Waals surface area contributed by atoms with Crippen molar-refractivity contribution in [3.8, 4) is 0 Å². The quantitative estimate of drug-likeness (QED) is 0.0430. The second-order valence-corrected chi connectivity index (χ2v) is 8.86. The minimum absolute atomic E-state index is 0.0844. The van der Waals surface area contributed by atoms with Crippen LogP contribution in [0.4, 0.5) is 0 Å². The average Bonchev–Trinajstić information content (AvgIpc) is 3.38. The Labute approximate surface area is 229 Å². The first kappa shape index (κ1) is 33.3. The molecule has 5 amide bonds. The van der Waals surface area contributed by atoms with Gasteiger partial charge in [-0.05, 0) is 25.7 Å². The smallest absolute Gasteiger partial charge is 0.303 e. The van der Waals surface area contributed by atoms with E-state index in [-0.39, 0.29) is 51.0 Å². The number of aliphatic carboxylic acids is 1. The maximum Gasteiger partial charge on any atom is 0.303 e. The maximum absolute atomic E-state index is 13.2. The Morgan fingerprint density at radius 1 is 0.875 bits per heavy atom. The molecule has 1 aromatic heterocycles. The Balaban J connectivity index is 3.04. The number of aromatic amines is 1. The summed E-state index contributed by atoms with van der Waals surface area (Å²) in [4.78, 5) is 83.3. The summed E-state index contributed by atoms with van der Waals surface area (Å²) in [5, 5.41) is 16.2. The van der Waals surface area contributed by atoms with Gasteiger partial charge in [-0.15, -0.1) is 0 Å². The van der Waals surface area contributed by atoms with Crippen LogP contribution in [0.1, 0.15) is 44.2 Å². The lowest BCUT2D eigenvalue weighted by molar-refractivity contribution is -0.137. The van der Waals surface area contributed by atoms with E-state index < -0.39 is 59.7 Å². The Morgan fingerprint density at radius 2 is 1.50 bits per heavy atom. The van der Waals surface area contributed by atoms with Gasteiger partial charge in [-0.25, -0.2) is 4.98 Å². The van der Waals surface area contributed by atoms with E-state index in [9.17, 15) is 28.8 Å². The predicted octanol–water partition coefficient (Wildman–Crippen LogP) is -4.60. The zero-order valence-corrected chi connectivity index (χ0v) is 21.8. The summed E-state index contributed by atoms with van der Waals surface area (Å²) in [7, 11) is 0. The van der Waals surface area contributed by atoms with E-state index in [4.69, 9.17) is 33.8 Å². The van der Waals surface area contributed by atoms with Crippen molar-refractivity contribution in [2.24, 2.45) is 33.7 Å². The lowest BCUT2D eigenvalue weighted by Crippen LogP contribution is -2.58. The number of nitrogens with zero attached hydrogens (tertiary/aromatic N) is 2. The number of rotatable bonds is 19. The summed E-state index contributed by atoms with van der Waals surface area (Å²) < 4.78 is 0. The number of nitrogens with one attached hydrogen (secondary N) is 4. The predicted molar refractivity (Wildman–Crippen MR) is 140 cm³/mol. The number of aliphatic imine (C=N–C) groups is 1. The SMILES string of the molecule is NC(=O)CC[C@H](NC(=O)[C@H](Cc1cnc[nH]1)NC(=O)[C@@H](N)CCC(=O)O)C(=O)N[C@@H](CCCN=C(N)N)C(N)=O. The number of carboxylic acid groups (broad SMARTS) is 1. The van der Waals surface area contributed by atoms with Crippen LogP contribution in [-0.4, -0.2) is 87.3 Å². The second kappa shape index (κ2) is 17.0. The summed E-state index contributed by atoms with van der Waals surface area (Å²) in [6.07, 6.45) is 1.98. The molecular formula is C22H37N11O7.